The first-order chi connectivity index (χ1) is 9.98. The maximum atomic E-state index is 14.4. The predicted molar refractivity (Wildman–Crippen MR) is 83.3 cm³/mol. The third kappa shape index (κ3) is 3.63. The first-order valence-corrected chi connectivity index (χ1v) is 8.17. The SMILES string of the molecule is CCCNC(c1cc(C)c(F)cc1F)C1(C)CCCCC1. The van der Waals surface area contributed by atoms with Crippen molar-refractivity contribution in [1.29, 1.82) is 0 Å². The molecular formula is C18H27F2N. The van der Waals surface area contributed by atoms with E-state index >= 15 is 0 Å². The highest BCUT2D eigenvalue weighted by Gasteiger charge is 2.37. The molecule has 0 spiro atoms. The van der Waals surface area contributed by atoms with E-state index in [9.17, 15) is 8.78 Å². The molecule has 1 unspecified atom stereocenters. The summed E-state index contributed by atoms with van der Waals surface area (Å²) in [5.74, 6) is -0.877. The van der Waals surface area contributed by atoms with Gasteiger partial charge < -0.3 is 5.32 Å². The lowest BCUT2D eigenvalue weighted by Gasteiger charge is -2.42. The first kappa shape index (κ1) is 16.4. The molecule has 1 saturated carbocycles. The Balaban J connectivity index is 2.37. The van der Waals surface area contributed by atoms with Crippen molar-refractivity contribution in [2.24, 2.45) is 5.41 Å². The summed E-state index contributed by atoms with van der Waals surface area (Å²) in [5.41, 5.74) is 1.21. The van der Waals surface area contributed by atoms with E-state index in [4.69, 9.17) is 0 Å². The minimum absolute atomic E-state index is 0.0305. The highest BCUT2D eigenvalue weighted by atomic mass is 19.1. The Morgan fingerprint density at radius 3 is 2.43 bits per heavy atom. The third-order valence-corrected chi connectivity index (χ3v) is 4.88. The van der Waals surface area contributed by atoms with Crippen LogP contribution in [-0.4, -0.2) is 6.54 Å². The summed E-state index contributed by atoms with van der Waals surface area (Å²) < 4.78 is 27.9. The minimum atomic E-state index is -0.459. The molecule has 1 nitrogen and oxygen atoms in total. The van der Waals surface area contributed by atoms with E-state index in [-0.39, 0.29) is 11.5 Å². The molecule has 3 heteroatoms. The lowest BCUT2D eigenvalue weighted by atomic mass is 9.68. The fourth-order valence-corrected chi connectivity index (χ4v) is 3.57. The largest absolute Gasteiger partial charge is 0.309 e. The van der Waals surface area contributed by atoms with Crippen LogP contribution < -0.4 is 5.32 Å². The molecule has 1 aliphatic rings. The number of hydrogen-bond acceptors (Lipinski definition) is 1. The molecule has 1 fully saturated rings. The van der Waals surface area contributed by atoms with Crippen molar-refractivity contribution in [2.75, 3.05) is 6.54 Å². The smallest absolute Gasteiger partial charge is 0.130 e. The van der Waals surface area contributed by atoms with Gasteiger partial charge in [-0.05, 0) is 49.8 Å². The number of hydrogen-bond donors (Lipinski definition) is 1. The number of aryl methyl sites for hydroxylation is 1. The normalized spacial score (nSPS) is 19.5. The lowest BCUT2D eigenvalue weighted by molar-refractivity contribution is 0.142. The van der Waals surface area contributed by atoms with Gasteiger partial charge in [0.05, 0.1) is 0 Å². The first-order valence-electron chi connectivity index (χ1n) is 8.17. The van der Waals surface area contributed by atoms with Crippen LogP contribution in [-0.2, 0) is 0 Å². The predicted octanol–water partition coefficient (Wildman–Crippen LogP) is 5.28. The Labute approximate surface area is 127 Å². The summed E-state index contributed by atoms with van der Waals surface area (Å²) in [5, 5.41) is 3.52. The topological polar surface area (TPSA) is 12.0 Å². The summed E-state index contributed by atoms with van der Waals surface area (Å²) in [7, 11) is 0. The minimum Gasteiger partial charge on any atom is -0.309 e. The quantitative estimate of drug-likeness (QED) is 0.779. The number of rotatable bonds is 5. The Bertz CT molecular complexity index is 478. The standard InChI is InChI=1S/C18H27F2N/c1-4-10-21-17(18(3)8-6-5-7-9-18)14-11-13(2)15(19)12-16(14)20/h11-12,17,21H,4-10H2,1-3H3. The van der Waals surface area contributed by atoms with Crippen LogP contribution in [0.2, 0.25) is 0 Å². The Morgan fingerprint density at radius 2 is 1.81 bits per heavy atom. The van der Waals surface area contributed by atoms with Gasteiger partial charge in [0.2, 0.25) is 0 Å². The fourth-order valence-electron chi connectivity index (χ4n) is 3.57. The van der Waals surface area contributed by atoms with Gasteiger partial charge in [0, 0.05) is 17.7 Å². The number of benzene rings is 1. The van der Waals surface area contributed by atoms with Crippen LogP contribution in [0.1, 0.15) is 69.5 Å². The second kappa shape index (κ2) is 6.87. The van der Waals surface area contributed by atoms with Crippen LogP contribution in [0.25, 0.3) is 0 Å². The third-order valence-electron chi connectivity index (χ3n) is 4.88. The van der Waals surface area contributed by atoms with Crippen LogP contribution in [0.3, 0.4) is 0 Å². The highest BCUT2D eigenvalue weighted by molar-refractivity contribution is 5.30. The maximum absolute atomic E-state index is 14.4. The molecule has 0 bridgehead atoms. The fraction of sp³-hybridized carbons (Fsp3) is 0.667. The Kier molecular flexibility index (Phi) is 5.37. The van der Waals surface area contributed by atoms with Gasteiger partial charge in [-0.3, -0.25) is 0 Å². The zero-order valence-corrected chi connectivity index (χ0v) is 13.4. The van der Waals surface area contributed by atoms with E-state index in [0.717, 1.165) is 31.9 Å². The molecule has 0 saturated heterocycles. The van der Waals surface area contributed by atoms with Crippen LogP contribution in [0.15, 0.2) is 12.1 Å². The van der Waals surface area contributed by atoms with Crippen molar-refractivity contribution in [3.63, 3.8) is 0 Å². The van der Waals surface area contributed by atoms with E-state index in [1.165, 1.54) is 19.3 Å². The average molecular weight is 295 g/mol. The molecule has 1 atom stereocenters. The molecule has 0 heterocycles. The van der Waals surface area contributed by atoms with E-state index in [1.54, 1.807) is 13.0 Å². The molecule has 1 aromatic rings. The van der Waals surface area contributed by atoms with E-state index in [0.29, 0.717) is 11.1 Å². The van der Waals surface area contributed by atoms with Crippen molar-refractivity contribution < 1.29 is 8.78 Å². The van der Waals surface area contributed by atoms with Gasteiger partial charge in [-0.2, -0.15) is 0 Å². The van der Waals surface area contributed by atoms with Crippen molar-refractivity contribution in [3.05, 3.63) is 34.9 Å². The van der Waals surface area contributed by atoms with Gasteiger partial charge in [-0.1, -0.05) is 33.1 Å². The molecule has 0 aromatic heterocycles. The zero-order valence-electron chi connectivity index (χ0n) is 13.4. The molecule has 1 N–H and O–H groups in total. The maximum Gasteiger partial charge on any atom is 0.130 e. The molecule has 118 valence electrons. The second-order valence-corrected chi connectivity index (χ2v) is 6.72. The van der Waals surface area contributed by atoms with E-state index in [2.05, 4.69) is 19.2 Å². The van der Waals surface area contributed by atoms with Gasteiger partial charge in [0.1, 0.15) is 11.6 Å². The summed E-state index contributed by atoms with van der Waals surface area (Å²) in [6.07, 6.45) is 6.87. The van der Waals surface area contributed by atoms with Crippen molar-refractivity contribution in [1.82, 2.24) is 5.32 Å². The van der Waals surface area contributed by atoms with E-state index in [1.807, 2.05) is 0 Å². The monoisotopic (exact) mass is 295 g/mol. The van der Waals surface area contributed by atoms with Gasteiger partial charge >= 0.3 is 0 Å². The summed E-state index contributed by atoms with van der Waals surface area (Å²) in [6.45, 7) is 6.92. The van der Waals surface area contributed by atoms with Crippen molar-refractivity contribution in [2.45, 2.75) is 65.3 Å². The average Bonchev–Trinajstić information content (AvgIpc) is 2.45. The van der Waals surface area contributed by atoms with Crippen LogP contribution in [0.4, 0.5) is 8.78 Å². The van der Waals surface area contributed by atoms with Crippen molar-refractivity contribution in [3.8, 4) is 0 Å². The number of nitrogens with one attached hydrogen (secondary N) is 1. The highest BCUT2D eigenvalue weighted by Crippen LogP contribution is 2.46. The molecule has 0 amide bonds. The molecule has 1 aromatic carbocycles. The molecule has 1 aliphatic carbocycles. The second-order valence-electron chi connectivity index (χ2n) is 6.72. The lowest BCUT2D eigenvalue weighted by Crippen LogP contribution is -2.38. The molecule has 0 radical (unpaired) electrons. The van der Waals surface area contributed by atoms with Crippen LogP contribution in [0, 0.1) is 24.0 Å². The molecule has 0 aliphatic heterocycles. The van der Waals surface area contributed by atoms with Crippen molar-refractivity contribution >= 4 is 0 Å². The molecular weight excluding hydrogens is 268 g/mol. The van der Waals surface area contributed by atoms with Crippen LogP contribution >= 0.6 is 0 Å². The van der Waals surface area contributed by atoms with Crippen LogP contribution in [0.5, 0.6) is 0 Å². The molecule has 2 rings (SSSR count). The zero-order chi connectivity index (χ0) is 15.5. The Hall–Kier alpha value is -0.960. The summed E-state index contributed by atoms with van der Waals surface area (Å²) >= 11 is 0. The number of halogens is 2. The molecule has 21 heavy (non-hydrogen) atoms. The summed E-state index contributed by atoms with van der Waals surface area (Å²) in [4.78, 5) is 0. The Morgan fingerprint density at radius 1 is 1.14 bits per heavy atom. The van der Waals surface area contributed by atoms with Gasteiger partial charge in [-0.15, -0.1) is 0 Å². The van der Waals surface area contributed by atoms with Gasteiger partial charge in [0.15, 0.2) is 0 Å². The van der Waals surface area contributed by atoms with Gasteiger partial charge in [-0.25, -0.2) is 8.78 Å². The van der Waals surface area contributed by atoms with E-state index < -0.39 is 11.6 Å². The summed E-state index contributed by atoms with van der Waals surface area (Å²) in [6, 6.07) is 2.70. The van der Waals surface area contributed by atoms with Gasteiger partial charge in [0.25, 0.3) is 0 Å².